The number of aromatic nitrogens is 6. The van der Waals surface area contributed by atoms with Gasteiger partial charge in [-0.05, 0) is 48.5 Å². The number of benzene rings is 6. The van der Waals surface area contributed by atoms with Crippen LogP contribution in [-0.4, -0.2) is 24.9 Å². The Hall–Kier alpha value is -7.90. The number of pyridine rings is 2. The third kappa shape index (κ3) is 6.86. The van der Waals surface area contributed by atoms with E-state index in [2.05, 4.69) is 72.8 Å². The molecule has 7 heteroatoms. The van der Waals surface area contributed by atoms with Gasteiger partial charge >= 0.3 is 5.82 Å². The van der Waals surface area contributed by atoms with Crippen LogP contribution >= 0.6 is 0 Å². The molecule has 4 heterocycles. The fourth-order valence-corrected chi connectivity index (χ4v) is 7.00. The standard InChI is InChI=1S/C50H33N6O/c1-6-16-34(17-7-1)43-28-39(29-44(52-43)35-18-8-2-9-19-35)48-51-33-56(41-26-27-42-47(32-41)57-50(54-42)38-24-14-5-15-25-38)49(55-48)40-30-45(36-20-10-3-11-21-36)53-46(31-40)37-22-12-4-13-23-37/h1-33H/q+1. The molecule has 0 fully saturated rings. The van der Waals surface area contributed by atoms with Gasteiger partial charge in [0.15, 0.2) is 5.58 Å². The molecule has 7 nitrogen and oxygen atoms in total. The van der Waals surface area contributed by atoms with Crippen LogP contribution in [0.1, 0.15) is 0 Å². The van der Waals surface area contributed by atoms with E-state index < -0.39 is 0 Å². The Labute approximate surface area is 329 Å². The molecule has 0 radical (unpaired) electrons. The minimum atomic E-state index is 0.560. The SMILES string of the molecule is c1ccc(-c2cc(-c3nc[n+](-c4ccc5nc(-c6ccccc6)oc5c4)c(-c4cc(-c5ccccc5)nc(-c5ccccc5)c4)n3)cc(-c3ccccc3)n2)cc1. The van der Waals surface area contributed by atoms with Crippen LogP contribution in [0.3, 0.4) is 0 Å². The summed E-state index contributed by atoms with van der Waals surface area (Å²) in [6, 6.07) is 65.1. The van der Waals surface area contributed by atoms with E-state index in [9.17, 15) is 0 Å². The molecule has 0 saturated heterocycles. The summed E-state index contributed by atoms with van der Waals surface area (Å²) in [5.74, 6) is 1.80. The fraction of sp³-hybridized carbons (Fsp3) is 0. The highest BCUT2D eigenvalue weighted by molar-refractivity contribution is 5.79. The summed E-state index contributed by atoms with van der Waals surface area (Å²) in [5, 5.41) is 0. The molecule has 0 aliphatic heterocycles. The summed E-state index contributed by atoms with van der Waals surface area (Å²) >= 11 is 0. The van der Waals surface area contributed by atoms with Gasteiger partial charge in [-0.2, -0.15) is 4.57 Å². The molecule has 0 atom stereocenters. The van der Waals surface area contributed by atoms with Gasteiger partial charge in [0.05, 0.1) is 33.9 Å². The van der Waals surface area contributed by atoms with Gasteiger partial charge in [0.25, 0.3) is 5.82 Å². The maximum atomic E-state index is 6.34. The molecule has 10 rings (SSSR count). The van der Waals surface area contributed by atoms with E-state index >= 15 is 0 Å². The number of fused-ring (bicyclic) bond motifs is 1. The van der Waals surface area contributed by atoms with Crippen LogP contribution < -0.4 is 4.57 Å². The first-order valence-electron chi connectivity index (χ1n) is 18.7. The van der Waals surface area contributed by atoms with Gasteiger partial charge in [-0.15, -0.1) is 0 Å². The van der Waals surface area contributed by atoms with Crippen molar-refractivity contribution in [3.05, 3.63) is 200 Å². The predicted octanol–water partition coefficient (Wildman–Crippen LogP) is 11.4. The Balaban J connectivity index is 1.20. The Morgan fingerprint density at radius 2 is 0.807 bits per heavy atom. The maximum Gasteiger partial charge on any atom is 0.308 e. The van der Waals surface area contributed by atoms with Crippen LogP contribution in [0.2, 0.25) is 0 Å². The molecule has 4 aromatic heterocycles. The van der Waals surface area contributed by atoms with Crippen LogP contribution in [-0.2, 0) is 0 Å². The lowest BCUT2D eigenvalue weighted by atomic mass is 10.0. The number of oxazole rings is 1. The molecule has 0 aliphatic rings. The van der Waals surface area contributed by atoms with Crippen LogP contribution in [0, 0.1) is 0 Å². The summed E-state index contributed by atoms with van der Waals surface area (Å²) in [4.78, 5) is 25.5. The number of hydrogen-bond donors (Lipinski definition) is 0. The molecule has 10 aromatic rings. The van der Waals surface area contributed by atoms with Crippen LogP contribution in [0.4, 0.5) is 0 Å². The Morgan fingerprint density at radius 3 is 1.28 bits per heavy atom. The first-order valence-corrected chi connectivity index (χ1v) is 18.7. The smallest absolute Gasteiger partial charge is 0.308 e. The minimum absolute atomic E-state index is 0.560. The van der Waals surface area contributed by atoms with Crippen LogP contribution in [0.5, 0.6) is 0 Å². The summed E-state index contributed by atoms with van der Waals surface area (Å²) in [6.07, 6.45) is 1.84. The molecule has 0 spiro atoms. The molecule has 0 N–H and O–H groups in total. The molecule has 0 bridgehead atoms. The molecular formula is C50H33N6O+. The van der Waals surface area contributed by atoms with E-state index in [4.69, 9.17) is 29.3 Å². The molecule has 0 aliphatic carbocycles. The van der Waals surface area contributed by atoms with E-state index in [0.717, 1.165) is 72.9 Å². The van der Waals surface area contributed by atoms with Gasteiger partial charge in [0.2, 0.25) is 12.2 Å². The lowest BCUT2D eigenvalue weighted by molar-refractivity contribution is -0.590. The Morgan fingerprint density at radius 1 is 0.368 bits per heavy atom. The number of nitrogens with zero attached hydrogens (tertiary/aromatic N) is 6. The first-order chi connectivity index (χ1) is 28.2. The van der Waals surface area contributed by atoms with Crippen LogP contribution in [0.15, 0.2) is 205 Å². The molecule has 57 heavy (non-hydrogen) atoms. The number of hydrogen-bond acceptors (Lipinski definition) is 6. The van der Waals surface area contributed by atoms with Gasteiger partial charge in [-0.1, -0.05) is 149 Å². The van der Waals surface area contributed by atoms with Gasteiger partial charge in [0.1, 0.15) is 11.2 Å². The average Bonchev–Trinajstić information content (AvgIpc) is 3.74. The van der Waals surface area contributed by atoms with E-state index in [1.165, 1.54) is 0 Å². The molecule has 0 amide bonds. The van der Waals surface area contributed by atoms with Crippen molar-refractivity contribution in [3.8, 4) is 84.9 Å². The summed E-state index contributed by atoms with van der Waals surface area (Å²) in [5.41, 5.74) is 12.2. The predicted molar refractivity (Wildman–Crippen MR) is 225 cm³/mol. The fourth-order valence-electron chi connectivity index (χ4n) is 7.00. The zero-order chi connectivity index (χ0) is 38.0. The minimum Gasteiger partial charge on any atom is -0.436 e. The number of rotatable bonds is 8. The Kier molecular flexibility index (Phi) is 8.70. The second kappa shape index (κ2) is 14.7. The topological polar surface area (TPSA) is 81.5 Å². The van der Waals surface area contributed by atoms with Gasteiger partial charge in [-0.25, -0.2) is 15.0 Å². The lowest BCUT2D eigenvalue weighted by Gasteiger charge is -2.11. The molecule has 0 saturated carbocycles. The molecular weight excluding hydrogens is 701 g/mol. The van der Waals surface area contributed by atoms with Gasteiger partial charge < -0.3 is 4.42 Å². The summed E-state index contributed by atoms with van der Waals surface area (Å²) in [7, 11) is 0. The highest BCUT2D eigenvalue weighted by atomic mass is 16.3. The van der Waals surface area contributed by atoms with E-state index in [1.54, 1.807) is 0 Å². The molecule has 0 unspecified atom stereocenters. The van der Waals surface area contributed by atoms with Crippen molar-refractivity contribution in [2.75, 3.05) is 0 Å². The maximum absolute atomic E-state index is 6.34. The second-order valence-corrected chi connectivity index (χ2v) is 13.6. The largest absolute Gasteiger partial charge is 0.436 e. The van der Waals surface area contributed by atoms with E-state index in [-0.39, 0.29) is 0 Å². The lowest BCUT2D eigenvalue weighted by Crippen LogP contribution is -2.35. The van der Waals surface area contributed by atoms with E-state index in [0.29, 0.717) is 23.1 Å². The highest BCUT2D eigenvalue weighted by Crippen LogP contribution is 2.33. The van der Waals surface area contributed by atoms with Crippen molar-refractivity contribution in [1.29, 1.82) is 0 Å². The normalized spacial score (nSPS) is 11.2. The van der Waals surface area contributed by atoms with Crippen molar-refractivity contribution in [2.24, 2.45) is 0 Å². The van der Waals surface area contributed by atoms with Crippen molar-refractivity contribution in [1.82, 2.24) is 24.9 Å². The van der Waals surface area contributed by atoms with Crippen molar-refractivity contribution < 1.29 is 8.98 Å². The third-order valence-electron chi connectivity index (χ3n) is 9.85. The summed E-state index contributed by atoms with van der Waals surface area (Å²) in [6.45, 7) is 0. The first kappa shape index (κ1) is 33.7. The quantitative estimate of drug-likeness (QED) is 0.145. The van der Waals surface area contributed by atoms with E-state index in [1.807, 2.05) is 132 Å². The monoisotopic (exact) mass is 733 g/mol. The van der Waals surface area contributed by atoms with Crippen molar-refractivity contribution >= 4 is 11.1 Å². The van der Waals surface area contributed by atoms with Crippen LogP contribution in [0.25, 0.3) is 96.0 Å². The van der Waals surface area contributed by atoms with Crippen molar-refractivity contribution in [3.63, 3.8) is 0 Å². The van der Waals surface area contributed by atoms with Gasteiger partial charge in [-0.3, -0.25) is 0 Å². The van der Waals surface area contributed by atoms with Gasteiger partial charge in [0, 0.05) is 33.9 Å². The second-order valence-electron chi connectivity index (χ2n) is 13.6. The molecule has 268 valence electrons. The Bertz CT molecular complexity index is 2880. The van der Waals surface area contributed by atoms with Crippen molar-refractivity contribution in [2.45, 2.75) is 0 Å². The summed E-state index contributed by atoms with van der Waals surface area (Å²) < 4.78 is 8.34. The average molecular weight is 734 g/mol. The molecule has 6 aromatic carbocycles. The zero-order valence-electron chi connectivity index (χ0n) is 30.6. The highest BCUT2D eigenvalue weighted by Gasteiger charge is 2.24. The zero-order valence-corrected chi connectivity index (χ0v) is 30.6. The third-order valence-corrected chi connectivity index (χ3v) is 9.85.